The van der Waals surface area contributed by atoms with Gasteiger partial charge in [-0.25, -0.2) is 4.98 Å². The molecule has 2 rings (SSSR count). The first-order valence-corrected chi connectivity index (χ1v) is 6.19. The molecule has 0 N–H and O–H groups in total. The number of imidazole rings is 1. The van der Waals surface area contributed by atoms with Gasteiger partial charge in [-0.3, -0.25) is 4.79 Å². The number of hydrogen-bond donors (Lipinski definition) is 0. The van der Waals surface area contributed by atoms with Crippen LogP contribution in [0.2, 0.25) is 5.02 Å². The average molecular weight is 314 g/mol. The highest BCUT2D eigenvalue weighted by molar-refractivity contribution is 9.10. The smallest absolute Gasteiger partial charge is 0.171 e. The lowest BCUT2D eigenvalue weighted by Crippen LogP contribution is -2.08. The van der Waals surface area contributed by atoms with Crippen molar-refractivity contribution in [1.82, 2.24) is 9.55 Å². The number of nitrogens with zero attached hydrogens (tertiary/aromatic N) is 2. The largest absolute Gasteiger partial charge is 0.338 e. The van der Waals surface area contributed by atoms with E-state index >= 15 is 0 Å². The number of halogens is 2. The third-order valence-electron chi connectivity index (χ3n) is 2.47. The van der Waals surface area contributed by atoms with E-state index in [0.29, 0.717) is 10.6 Å². The van der Waals surface area contributed by atoms with Crippen molar-refractivity contribution in [3.8, 4) is 0 Å². The Kier molecular flexibility index (Phi) is 3.64. The van der Waals surface area contributed by atoms with E-state index < -0.39 is 0 Å². The van der Waals surface area contributed by atoms with Gasteiger partial charge in [0.1, 0.15) is 5.82 Å². The molecule has 0 bridgehead atoms. The van der Waals surface area contributed by atoms with E-state index in [1.54, 1.807) is 24.4 Å². The Morgan fingerprint density at radius 1 is 1.53 bits per heavy atom. The Labute approximate surface area is 113 Å². The summed E-state index contributed by atoms with van der Waals surface area (Å²) < 4.78 is 2.68. The summed E-state index contributed by atoms with van der Waals surface area (Å²) in [5.74, 6) is 0.700. The van der Waals surface area contributed by atoms with Crippen LogP contribution in [-0.2, 0) is 13.5 Å². The predicted octanol–water partition coefficient (Wildman–Crippen LogP) is 3.26. The molecule has 0 amide bonds. The Morgan fingerprint density at radius 3 is 2.88 bits per heavy atom. The van der Waals surface area contributed by atoms with Crippen LogP contribution in [0.4, 0.5) is 0 Å². The highest BCUT2D eigenvalue weighted by atomic mass is 79.9. The summed E-state index contributed by atoms with van der Waals surface area (Å²) in [7, 11) is 1.86. The van der Waals surface area contributed by atoms with Crippen molar-refractivity contribution in [1.29, 1.82) is 0 Å². The third kappa shape index (κ3) is 2.76. The molecule has 0 aliphatic carbocycles. The molecule has 17 heavy (non-hydrogen) atoms. The van der Waals surface area contributed by atoms with Crippen LogP contribution in [0.15, 0.2) is 35.1 Å². The normalized spacial score (nSPS) is 10.5. The topological polar surface area (TPSA) is 34.9 Å². The summed E-state index contributed by atoms with van der Waals surface area (Å²) >= 11 is 9.33. The van der Waals surface area contributed by atoms with E-state index in [0.717, 1.165) is 10.3 Å². The first kappa shape index (κ1) is 12.3. The molecule has 0 aliphatic heterocycles. The molecule has 0 saturated heterocycles. The molecule has 1 heterocycles. The predicted molar refractivity (Wildman–Crippen MR) is 70.4 cm³/mol. The Balaban J connectivity index is 2.23. The summed E-state index contributed by atoms with van der Waals surface area (Å²) in [5, 5.41) is 0.457. The second-order valence-corrected chi connectivity index (χ2v) is 5.00. The quantitative estimate of drug-likeness (QED) is 0.815. The minimum absolute atomic E-state index is 0.0307. The maximum Gasteiger partial charge on any atom is 0.171 e. The van der Waals surface area contributed by atoms with Gasteiger partial charge in [0.15, 0.2) is 5.78 Å². The number of carbonyl (C=O) groups excluding carboxylic acids is 1. The van der Waals surface area contributed by atoms with Crippen LogP contribution >= 0.6 is 27.5 Å². The molecule has 0 fully saturated rings. The second kappa shape index (κ2) is 5.02. The molecule has 1 aromatic heterocycles. The van der Waals surface area contributed by atoms with Crippen molar-refractivity contribution < 1.29 is 4.79 Å². The van der Waals surface area contributed by atoms with Gasteiger partial charge >= 0.3 is 0 Å². The first-order chi connectivity index (χ1) is 8.08. The molecular weight excluding hydrogens is 304 g/mol. The molecule has 2 aromatic rings. The Morgan fingerprint density at radius 2 is 2.29 bits per heavy atom. The SMILES string of the molecule is Cn1ccnc1CC(=O)c1ccc(Br)cc1Cl. The number of ketones is 1. The van der Waals surface area contributed by atoms with Crippen LogP contribution in [0.5, 0.6) is 0 Å². The zero-order valence-corrected chi connectivity index (χ0v) is 11.5. The van der Waals surface area contributed by atoms with E-state index in [1.165, 1.54) is 0 Å². The highest BCUT2D eigenvalue weighted by Gasteiger charge is 2.13. The lowest BCUT2D eigenvalue weighted by molar-refractivity contribution is 0.0990. The summed E-state index contributed by atoms with van der Waals surface area (Å²) in [4.78, 5) is 16.2. The van der Waals surface area contributed by atoms with Crippen molar-refractivity contribution in [3.05, 3.63) is 51.5 Å². The molecule has 0 saturated carbocycles. The van der Waals surface area contributed by atoms with Crippen molar-refractivity contribution in [2.45, 2.75) is 6.42 Å². The minimum atomic E-state index is -0.0307. The van der Waals surface area contributed by atoms with Gasteiger partial charge < -0.3 is 4.57 Å². The second-order valence-electron chi connectivity index (χ2n) is 3.68. The van der Waals surface area contributed by atoms with Crippen molar-refractivity contribution >= 4 is 33.3 Å². The molecule has 0 unspecified atom stereocenters. The molecule has 0 spiro atoms. The number of Topliss-reactive ketones (excluding diaryl/α,β-unsaturated/α-hetero) is 1. The summed E-state index contributed by atoms with van der Waals surface area (Å²) in [6.07, 6.45) is 3.74. The molecule has 88 valence electrons. The Bertz CT molecular complexity index is 565. The minimum Gasteiger partial charge on any atom is -0.338 e. The molecule has 0 atom stereocenters. The number of rotatable bonds is 3. The first-order valence-electron chi connectivity index (χ1n) is 5.02. The summed E-state index contributed by atoms with van der Waals surface area (Å²) in [5.41, 5.74) is 0.526. The molecule has 1 aromatic carbocycles. The van der Waals surface area contributed by atoms with Crippen LogP contribution in [-0.4, -0.2) is 15.3 Å². The van der Waals surface area contributed by atoms with Crippen LogP contribution < -0.4 is 0 Å². The van der Waals surface area contributed by atoms with Crippen molar-refractivity contribution in [2.75, 3.05) is 0 Å². The fraction of sp³-hybridized carbons (Fsp3) is 0.167. The number of carbonyl (C=O) groups is 1. The van der Waals surface area contributed by atoms with Gasteiger partial charge in [0.25, 0.3) is 0 Å². The van der Waals surface area contributed by atoms with Crippen LogP contribution in [0, 0.1) is 0 Å². The lowest BCUT2D eigenvalue weighted by atomic mass is 10.1. The van der Waals surface area contributed by atoms with Gasteiger partial charge in [-0.15, -0.1) is 0 Å². The van der Waals surface area contributed by atoms with Gasteiger partial charge in [-0.1, -0.05) is 27.5 Å². The van der Waals surface area contributed by atoms with Gasteiger partial charge in [-0.2, -0.15) is 0 Å². The summed E-state index contributed by atoms with van der Waals surface area (Å²) in [6.45, 7) is 0. The van der Waals surface area contributed by atoms with E-state index in [-0.39, 0.29) is 12.2 Å². The van der Waals surface area contributed by atoms with Crippen LogP contribution in [0.3, 0.4) is 0 Å². The highest BCUT2D eigenvalue weighted by Crippen LogP contribution is 2.22. The molecule has 0 radical (unpaired) electrons. The summed E-state index contributed by atoms with van der Waals surface area (Å²) in [6, 6.07) is 5.24. The lowest BCUT2D eigenvalue weighted by Gasteiger charge is -2.04. The van der Waals surface area contributed by atoms with Gasteiger partial charge in [0.2, 0.25) is 0 Å². The number of hydrogen-bond acceptors (Lipinski definition) is 2. The standard InChI is InChI=1S/C12H10BrClN2O/c1-16-5-4-15-12(16)7-11(17)9-3-2-8(13)6-10(9)14/h2-6H,7H2,1H3. The number of benzene rings is 1. The third-order valence-corrected chi connectivity index (χ3v) is 3.28. The average Bonchev–Trinajstić information content (AvgIpc) is 2.64. The van der Waals surface area contributed by atoms with Gasteiger partial charge in [0, 0.05) is 29.5 Å². The van der Waals surface area contributed by atoms with Gasteiger partial charge in [-0.05, 0) is 18.2 Å². The molecular formula is C12H10BrClN2O. The van der Waals surface area contributed by atoms with Crippen LogP contribution in [0.1, 0.15) is 16.2 Å². The van der Waals surface area contributed by atoms with E-state index in [2.05, 4.69) is 20.9 Å². The van der Waals surface area contributed by atoms with E-state index in [4.69, 9.17) is 11.6 Å². The van der Waals surface area contributed by atoms with Crippen molar-refractivity contribution in [2.24, 2.45) is 7.05 Å². The van der Waals surface area contributed by atoms with E-state index in [9.17, 15) is 4.79 Å². The zero-order valence-electron chi connectivity index (χ0n) is 9.15. The molecule has 0 aliphatic rings. The molecule has 3 nitrogen and oxygen atoms in total. The maximum absolute atomic E-state index is 12.0. The Hall–Kier alpha value is -1.13. The maximum atomic E-state index is 12.0. The monoisotopic (exact) mass is 312 g/mol. The molecule has 5 heteroatoms. The fourth-order valence-corrected chi connectivity index (χ4v) is 2.30. The van der Waals surface area contributed by atoms with E-state index in [1.807, 2.05) is 17.8 Å². The fourth-order valence-electron chi connectivity index (χ4n) is 1.52. The number of aromatic nitrogens is 2. The van der Waals surface area contributed by atoms with Crippen LogP contribution in [0.25, 0.3) is 0 Å². The number of aryl methyl sites for hydroxylation is 1. The van der Waals surface area contributed by atoms with Crippen molar-refractivity contribution in [3.63, 3.8) is 0 Å². The van der Waals surface area contributed by atoms with Gasteiger partial charge in [0.05, 0.1) is 11.4 Å². The zero-order chi connectivity index (χ0) is 12.4.